The Balaban J connectivity index is 1.55. The van der Waals surface area contributed by atoms with E-state index < -0.39 is 0 Å². The zero-order valence-corrected chi connectivity index (χ0v) is 14.0. The molecule has 21 heavy (non-hydrogen) atoms. The molecule has 0 aromatic rings. The summed E-state index contributed by atoms with van der Waals surface area (Å²) in [5.74, 6) is 1.53. The van der Waals surface area contributed by atoms with Gasteiger partial charge in [0, 0.05) is 24.2 Å². The molecule has 0 aromatic carbocycles. The maximum atomic E-state index is 10.0. The topological polar surface area (TPSA) is 35.5 Å². The summed E-state index contributed by atoms with van der Waals surface area (Å²) in [7, 11) is 0. The minimum absolute atomic E-state index is 0.0474. The van der Waals surface area contributed by atoms with Gasteiger partial charge in [0.2, 0.25) is 0 Å². The average Bonchev–Trinajstić information content (AvgIpc) is 3.19. The fourth-order valence-electron chi connectivity index (χ4n) is 4.66. The molecule has 1 heterocycles. The molecule has 0 spiro atoms. The van der Waals surface area contributed by atoms with Crippen LogP contribution < -0.4 is 5.32 Å². The van der Waals surface area contributed by atoms with Crippen LogP contribution in [-0.2, 0) is 0 Å². The Morgan fingerprint density at radius 2 is 1.95 bits per heavy atom. The third-order valence-corrected chi connectivity index (χ3v) is 6.32. The molecule has 0 radical (unpaired) electrons. The molecule has 3 heteroatoms. The molecule has 0 amide bonds. The van der Waals surface area contributed by atoms with Crippen LogP contribution in [-0.4, -0.2) is 47.3 Å². The third kappa shape index (κ3) is 3.62. The summed E-state index contributed by atoms with van der Waals surface area (Å²) >= 11 is 0. The molecule has 4 unspecified atom stereocenters. The van der Waals surface area contributed by atoms with E-state index in [9.17, 15) is 5.11 Å². The number of nitrogens with one attached hydrogen (secondary N) is 1. The summed E-state index contributed by atoms with van der Waals surface area (Å²) in [5.41, 5.74) is 0.0474. The lowest BCUT2D eigenvalue weighted by Gasteiger charge is -2.40. The van der Waals surface area contributed by atoms with E-state index in [1.165, 1.54) is 64.5 Å². The summed E-state index contributed by atoms with van der Waals surface area (Å²) in [5, 5.41) is 13.8. The zero-order valence-electron chi connectivity index (χ0n) is 14.0. The predicted molar refractivity (Wildman–Crippen MR) is 87.4 cm³/mol. The third-order valence-electron chi connectivity index (χ3n) is 6.32. The van der Waals surface area contributed by atoms with Gasteiger partial charge in [-0.3, -0.25) is 0 Å². The first kappa shape index (κ1) is 15.8. The minimum atomic E-state index is 0.0474. The Labute approximate surface area is 130 Å². The van der Waals surface area contributed by atoms with Gasteiger partial charge in [-0.05, 0) is 70.3 Å². The fourth-order valence-corrected chi connectivity index (χ4v) is 4.66. The van der Waals surface area contributed by atoms with Crippen molar-refractivity contribution in [2.75, 3.05) is 19.7 Å². The molecule has 3 fully saturated rings. The van der Waals surface area contributed by atoms with Crippen LogP contribution in [0.5, 0.6) is 0 Å². The van der Waals surface area contributed by atoms with Crippen LogP contribution in [0.4, 0.5) is 0 Å². The molecule has 3 nitrogen and oxygen atoms in total. The average molecular weight is 294 g/mol. The highest BCUT2D eigenvalue weighted by molar-refractivity contribution is 5.03. The molecular formula is C18H34N2O. The standard InChI is InChI=1S/C18H34N2O/c1-14-5-6-15(2)20(12-14)11-9-16-4-3-10-18(16,13-21)19-17-7-8-17/h14-17,19,21H,3-13H2,1-2H3. The van der Waals surface area contributed by atoms with Gasteiger partial charge in [0.15, 0.2) is 0 Å². The second-order valence-corrected chi connectivity index (χ2v) is 8.14. The van der Waals surface area contributed by atoms with E-state index >= 15 is 0 Å². The van der Waals surface area contributed by atoms with Crippen molar-refractivity contribution in [2.45, 2.75) is 82.8 Å². The normalized spacial score (nSPS) is 41.6. The molecule has 0 bridgehead atoms. The summed E-state index contributed by atoms with van der Waals surface area (Å²) < 4.78 is 0. The van der Waals surface area contributed by atoms with Gasteiger partial charge in [0.25, 0.3) is 0 Å². The molecule has 1 saturated heterocycles. The number of nitrogens with zero attached hydrogens (tertiary/aromatic N) is 1. The van der Waals surface area contributed by atoms with E-state index in [1.54, 1.807) is 0 Å². The fraction of sp³-hybridized carbons (Fsp3) is 1.00. The van der Waals surface area contributed by atoms with E-state index in [-0.39, 0.29) is 5.54 Å². The maximum absolute atomic E-state index is 10.0. The number of aliphatic hydroxyl groups excluding tert-OH is 1. The van der Waals surface area contributed by atoms with Crippen LogP contribution >= 0.6 is 0 Å². The maximum Gasteiger partial charge on any atom is 0.0616 e. The largest absolute Gasteiger partial charge is 0.394 e. The second kappa shape index (κ2) is 6.55. The predicted octanol–water partition coefficient (Wildman–Crippen LogP) is 2.78. The highest BCUT2D eigenvalue weighted by atomic mass is 16.3. The van der Waals surface area contributed by atoms with Gasteiger partial charge in [0.1, 0.15) is 0 Å². The Hall–Kier alpha value is -0.120. The molecular weight excluding hydrogens is 260 g/mol. The molecule has 0 aromatic heterocycles. The lowest BCUT2D eigenvalue weighted by atomic mass is 9.84. The monoisotopic (exact) mass is 294 g/mol. The lowest BCUT2D eigenvalue weighted by Crippen LogP contribution is -2.53. The Bertz CT molecular complexity index is 344. The van der Waals surface area contributed by atoms with Crippen molar-refractivity contribution in [1.82, 2.24) is 10.2 Å². The Kier molecular flexibility index (Phi) is 4.92. The summed E-state index contributed by atoms with van der Waals surface area (Å²) in [6.45, 7) is 7.61. The number of likely N-dealkylation sites (tertiary alicyclic amines) is 1. The smallest absolute Gasteiger partial charge is 0.0616 e. The van der Waals surface area contributed by atoms with Gasteiger partial charge in [0.05, 0.1) is 6.61 Å². The van der Waals surface area contributed by atoms with Gasteiger partial charge in [-0.1, -0.05) is 13.3 Å². The number of hydrogen-bond acceptors (Lipinski definition) is 3. The summed E-state index contributed by atoms with van der Waals surface area (Å²) in [6, 6.07) is 1.45. The van der Waals surface area contributed by atoms with E-state index in [0.29, 0.717) is 18.6 Å². The molecule has 122 valence electrons. The first-order valence-corrected chi connectivity index (χ1v) is 9.25. The van der Waals surface area contributed by atoms with Gasteiger partial charge >= 0.3 is 0 Å². The van der Waals surface area contributed by atoms with Crippen LogP contribution in [0, 0.1) is 11.8 Å². The van der Waals surface area contributed by atoms with E-state index in [4.69, 9.17) is 0 Å². The molecule has 4 atom stereocenters. The SMILES string of the molecule is CC1CCC(C)N(CCC2CCCC2(CO)NC2CC2)C1. The number of aliphatic hydroxyl groups is 1. The van der Waals surface area contributed by atoms with Crippen LogP contribution in [0.25, 0.3) is 0 Å². The van der Waals surface area contributed by atoms with Gasteiger partial charge in [-0.25, -0.2) is 0 Å². The molecule has 2 N–H and O–H groups in total. The van der Waals surface area contributed by atoms with Crippen molar-refractivity contribution in [3.05, 3.63) is 0 Å². The second-order valence-electron chi connectivity index (χ2n) is 8.14. The summed E-state index contributed by atoms with van der Waals surface area (Å²) in [6.07, 6.45) is 10.4. The van der Waals surface area contributed by atoms with Crippen molar-refractivity contribution in [1.29, 1.82) is 0 Å². The van der Waals surface area contributed by atoms with Crippen molar-refractivity contribution in [2.24, 2.45) is 11.8 Å². The molecule has 3 aliphatic rings. The molecule has 2 aliphatic carbocycles. The highest BCUT2D eigenvalue weighted by Crippen LogP contribution is 2.40. The van der Waals surface area contributed by atoms with E-state index in [0.717, 1.165) is 12.0 Å². The molecule has 1 aliphatic heterocycles. The van der Waals surface area contributed by atoms with Gasteiger partial charge in [-0.15, -0.1) is 0 Å². The lowest BCUT2D eigenvalue weighted by molar-refractivity contribution is 0.0853. The molecule has 2 saturated carbocycles. The van der Waals surface area contributed by atoms with Crippen molar-refractivity contribution in [3.8, 4) is 0 Å². The quantitative estimate of drug-likeness (QED) is 0.791. The number of hydrogen-bond donors (Lipinski definition) is 2. The van der Waals surface area contributed by atoms with Crippen LogP contribution in [0.1, 0.15) is 65.2 Å². The van der Waals surface area contributed by atoms with Crippen LogP contribution in [0.3, 0.4) is 0 Å². The van der Waals surface area contributed by atoms with E-state index in [1.807, 2.05) is 0 Å². The van der Waals surface area contributed by atoms with Gasteiger partial charge in [-0.2, -0.15) is 0 Å². The van der Waals surface area contributed by atoms with Gasteiger partial charge < -0.3 is 15.3 Å². The van der Waals surface area contributed by atoms with Crippen molar-refractivity contribution in [3.63, 3.8) is 0 Å². The number of piperidine rings is 1. The Morgan fingerprint density at radius 1 is 1.14 bits per heavy atom. The van der Waals surface area contributed by atoms with Crippen LogP contribution in [0.2, 0.25) is 0 Å². The van der Waals surface area contributed by atoms with Crippen molar-refractivity contribution < 1.29 is 5.11 Å². The van der Waals surface area contributed by atoms with Crippen molar-refractivity contribution >= 4 is 0 Å². The van der Waals surface area contributed by atoms with Crippen LogP contribution in [0.15, 0.2) is 0 Å². The zero-order chi connectivity index (χ0) is 14.9. The molecule has 3 rings (SSSR count). The Morgan fingerprint density at radius 3 is 2.67 bits per heavy atom. The minimum Gasteiger partial charge on any atom is -0.394 e. The highest BCUT2D eigenvalue weighted by Gasteiger charge is 2.45. The first-order valence-electron chi connectivity index (χ1n) is 9.25. The first-order chi connectivity index (χ1) is 10.1. The van der Waals surface area contributed by atoms with E-state index in [2.05, 4.69) is 24.1 Å². The number of rotatable bonds is 6. The summed E-state index contributed by atoms with van der Waals surface area (Å²) in [4.78, 5) is 2.70.